The van der Waals surface area contributed by atoms with Gasteiger partial charge in [0.15, 0.2) is 5.16 Å². The SMILES string of the molecule is N=C(N)c1ncccc1CSc1ncc[nH]1. The van der Waals surface area contributed by atoms with Crippen molar-refractivity contribution >= 4 is 17.6 Å². The number of hydrogen-bond acceptors (Lipinski definition) is 4. The highest BCUT2D eigenvalue weighted by atomic mass is 32.2. The minimum atomic E-state index is -0.00403. The first-order valence-corrected chi connectivity index (χ1v) is 5.66. The fourth-order valence-electron chi connectivity index (χ4n) is 1.27. The smallest absolute Gasteiger partial charge is 0.165 e. The molecule has 16 heavy (non-hydrogen) atoms. The lowest BCUT2D eigenvalue weighted by atomic mass is 10.2. The summed E-state index contributed by atoms with van der Waals surface area (Å²) in [6, 6.07) is 3.75. The Morgan fingerprint density at radius 1 is 1.44 bits per heavy atom. The number of thioether (sulfide) groups is 1. The van der Waals surface area contributed by atoms with Gasteiger partial charge in [-0.3, -0.25) is 10.4 Å². The van der Waals surface area contributed by atoms with Gasteiger partial charge < -0.3 is 10.7 Å². The van der Waals surface area contributed by atoms with Crippen molar-refractivity contribution in [3.05, 3.63) is 42.0 Å². The fraction of sp³-hybridized carbons (Fsp3) is 0.100. The number of nitrogens with zero attached hydrogens (tertiary/aromatic N) is 2. The standard InChI is InChI=1S/C10H11N5S/c11-9(12)8-7(2-1-3-13-8)6-16-10-14-4-5-15-10/h1-5H,6H2,(H3,11,12)(H,14,15). The maximum Gasteiger partial charge on any atom is 0.165 e. The molecule has 82 valence electrons. The molecule has 6 heteroatoms. The summed E-state index contributed by atoms with van der Waals surface area (Å²) in [4.78, 5) is 11.2. The molecule has 0 aliphatic carbocycles. The fourth-order valence-corrected chi connectivity index (χ4v) is 2.09. The summed E-state index contributed by atoms with van der Waals surface area (Å²) in [5, 5.41) is 8.26. The van der Waals surface area contributed by atoms with Crippen molar-refractivity contribution in [1.29, 1.82) is 5.41 Å². The van der Waals surface area contributed by atoms with E-state index in [-0.39, 0.29) is 5.84 Å². The van der Waals surface area contributed by atoms with Gasteiger partial charge in [0.2, 0.25) is 0 Å². The summed E-state index contributed by atoms with van der Waals surface area (Å²) >= 11 is 1.55. The zero-order chi connectivity index (χ0) is 11.4. The highest BCUT2D eigenvalue weighted by Gasteiger charge is 2.07. The molecule has 0 fully saturated rings. The van der Waals surface area contributed by atoms with Gasteiger partial charge >= 0.3 is 0 Å². The Labute approximate surface area is 97.0 Å². The largest absolute Gasteiger partial charge is 0.382 e. The van der Waals surface area contributed by atoms with Crippen molar-refractivity contribution < 1.29 is 0 Å². The summed E-state index contributed by atoms with van der Waals surface area (Å²) in [5.74, 6) is 0.687. The van der Waals surface area contributed by atoms with Gasteiger partial charge in [0.05, 0.1) is 0 Å². The van der Waals surface area contributed by atoms with Gasteiger partial charge in [0.1, 0.15) is 11.5 Å². The lowest BCUT2D eigenvalue weighted by Gasteiger charge is -2.05. The molecule has 0 radical (unpaired) electrons. The summed E-state index contributed by atoms with van der Waals surface area (Å²) < 4.78 is 0. The number of aromatic amines is 1. The maximum absolute atomic E-state index is 7.41. The summed E-state index contributed by atoms with van der Waals surface area (Å²) in [7, 11) is 0. The van der Waals surface area contributed by atoms with Crippen LogP contribution in [0, 0.1) is 5.41 Å². The maximum atomic E-state index is 7.41. The normalized spacial score (nSPS) is 10.2. The van der Waals surface area contributed by atoms with Crippen molar-refractivity contribution in [1.82, 2.24) is 15.0 Å². The number of H-pyrrole nitrogens is 1. The molecule has 2 aromatic heterocycles. The third-order valence-corrected chi connectivity index (χ3v) is 2.94. The lowest BCUT2D eigenvalue weighted by molar-refractivity contribution is 1.05. The van der Waals surface area contributed by atoms with Crippen molar-refractivity contribution in [2.24, 2.45) is 5.73 Å². The monoisotopic (exact) mass is 233 g/mol. The Balaban J connectivity index is 2.12. The summed E-state index contributed by atoms with van der Waals surface area (Å²) in [6.45, 7) is 0. The second-order valence-electron chi connectivity index (χ2n) is 3.11. The third kappa shape index (κ3) is 2.40. The molecule has 4 N–H and O–H groups in total. The molecule has 0 saturated carbocycles. The van der Waals surface area contributed by atoms with E-state index in [9.17, 15) is 0 Å². The highest BCUT2D eigenvalue weighted by molar-refractivity contribution is 7.98. The molecular formula is C10H11N5S. The Hall–Kier alpha value is -1.82. The number of aromatic nitrogens is 3. The van der Waals surface area contributed by atoms with Crippen molar-refractivity contribution in [2.75, 3.05) is 0 Å². The summed E-state index contributed by atoms with van der Waals surface area (Å²) in [5.41, 5.74) is 6.94. The van der Waals surface area contributed by atoms with Crippen LogP contribution in [0.15, 0.2) is 35.9 Å². The van der Waals surface area contributed by atoms with Crippen molar-refractivity contribution in [3.63, 3.8) is 0 Å². The number of amidine groups is 1. The number of nitrogen functional groups attached to an aromatic ring is 1. The van der Waals surface area contributed by atoms with Gasteiger partial charge in [0, 0.05) is 24.3 Å². The van der Waals surface area contributed by atoms with Crippen LogP contribution in [0.5, 0.6) is 0 Å². The molecule has 0 aliphatic heterocycles. The Bertz CT molecular complexity index is 480. The van der Waals surface area contributed by atoms with Gasteiger partial charge in [-0.05, 0) is 11.6 Å². The van der Waals surface area contributed by atoms with E-state index in [0.29, 0.717) is 11.4 Å². The van der Waals surface area contributed by atoms with E-state index < -0.39 is 0 Å². The predicted octanol–water partition coefficient (Wildman–Crippen LogP) is 1.38. The second kappa shape index (κ2) is 4.80. The van der Waals surface area contributed by atoms with Crippen LogP contribution in [0.25, 0.3) is 0 Å². The van der Waals surface area contributed by atoms with Gasteiger partial charge in [-0.15, -0.1) is 0 Å². The van der Waals surface area contributed by atoms with Crippen LogP contribution in [0.4, 0.5) is 0 Å². The van der Waals surface area contributed by atoms with E-state index in [0.717, 1.165) is 10.7 Å². The first-order chi connectivity index (χ1) is 7.77. The minimum absolute atomic E-state index is 0.00403. The Morgan fingerprint density at radius 2 is 2.31 bits per heavy atom. The number of nitrogens with one attached hydrogen (secondary N) is 2. The van der Waals surface area contributed by atoms with E-state index >= 15 is 0 Å². The molecule has 0 unspecified atom stereocenters. The molecule has 0 bridgehead atoms. The van der Waals surface area contributed by atoms with Gasteiger partial charge in [-0.2, -0.15) is 0 Å². The first-order valence-electron chi connectivity index (χ1n) is 4.68. The third-order valence-electron chi connectivity index (χ3n) is 1.98. The van der Waals surface area contributed by atoms with Gasteiger partial charge in [-0.1, -0.05) is 17.8 Å². The van der Waals surface area contributed by atoms with Crippen LogP contribution in [-0.2, 0) is 5.75 Å². The molecule has 0 atom stereocenters. The zero-order valence-electron chi connectivity index (χ0n) is 8.47. The number of imidazole rings is 1. The van der Waals surface area contributed by atoms with E-state index in [4.69, 9.17) is 11.1 Å². The van der Waals surface area contributed by atoms with E-state index in [1.54, 1.807) is 30.4 Å². The molecule has 2 heterocycles. The molecule has 5 nitrogen and oxygen atoms in total. The minimum Gasteiger partial charge on any atom is -0.382 e. The summed E-state index contributed by atoms with van der Waals surface area (Å²) in [6.07, 6.45) is 5.12. The molecule has 0 aromatic carbocycles. The first kappa shape index (κ1) is 10.7. The van der Waals surface area contributed by atoms with Crippen LogP contribution in [0.1, 0.15) is 11.3 Å². The average Bonchev–Trinajstić information content (AvgIpc) is 2.79. The molecule has 0 spiro atoms. The molecule has 2 aromatic rings. The topological polar surface area (TPSA) is 91.4 Å². The van der Waals surface area contributed by atoms with E-state index in [2.05, 4.69) is 15.0 Å². The Kier molecular flexibility index (Phi) is 3.21. The molecule has 0 saturated heterocycles. The molecule has 0 aliphatic rings. The van der Waals surface area contributed by atoms with Gasteiger partial charge in [-0.25, -0.2) is 4.98 Å². The molecule has 0 amide bonds. The number of pyridine rings is 1. The van der Waals surface area contributed by atoms with Crippen LogP contribution < -0.4 is 5.73 Å². The van der Waals surface area contributed by atoms with Crippen LogP contribution >= 0.6 is 11.8 Å². The highest BCUT2D eigenvalue weighted by Crippen LogP contribution is 2.19. The quantitative estimate of drug-likeness (QED) is 0.422. The van der Waals surface area contributed by atoms with Crippen LogP contribution in [0.3, 0.4) is 0 Å². The molecular weight excluding hydrogens is 222 g/mol. The average molecular weight is 233 g/mol. The van der Waals surface area contributed by atoms with E-state index in [1.165, 1.54) is 0 Å². The van der Waals surface area contributed by atoms with Gasteiger partial charge in [0.25, 0.3) is 0 Å². The number of nitrogens with two attached hydrogens (primary N) is 1. The van der Waals surface area contributed by atoms with Crippen LogP contribution in [0.2, 0.25) is 0 Å². The number of hydrogen-bond donors (Lipinski definition) is 3. The predicted molar refractivity (Wildman–Crippen MR) is 63.4 cm³/mol. The van der Waals surface area contributed by atoms with Crippen molar-refractivity contribution in [3.8, 4) is 0 Å². The Morgan fingerprint density at radius 3 is 3.00 bits per heavy atom. The molecule has 2 rings (SSSR count). The number of rotatable bonds is 4. The van der Waals surface area contributed by atoms with Crippen molar-refractivity contribution in [2.45, 2.75) is 10.9 Å². The second-order valence-corrected chi connectivity index (χ2v) is 4.07. The van der Waals surface area contributed by atoms with Crippen LogP contribution in [-0.4, -0.2) is 20.8 Å². The zero-order valence-corrected chi connectivity index (χ0v) is 9.29. The van der Waals surface area contributed by atoms with E-state index in [1.807, 2.05) is 12.1 Å². The lowest BCUT2D eigenvalue weighted by Crippen LogP contribution is -2.15.